The number of carbonyl (C=O) groups is 1. The van der Waals surface area contributed by atoms with E-state index in [2.05, 4.69) is 0 Å². The van der Waals surface area contributed by atoms with Crippen LogP contribution in [0.5, 0.6) is 0 Å². The maximum atomic E-state index is 12.0. The standard InChI is InChI=1S/C14H22O7/c1-7-8(13(19)21-14(2,3)4)5-10(20-7)12(18)11(17)9(16)6-15/h5,9,11-12,15-18H,6H2,1-4H3/t9-,11-,12-/m1/s1. The summed E-state index contributed by atoms with van der Waals surface area (Å²) >= 11 is 0. The molecule has 0 aliphatic rings. The first-order valence-corrected chi connectivity index (χ1v) is 6.55. The molecule has 0 radical (unpaired) electrons. The third-order valence-electron chi connectivity index (χ3n) is 2.75. The van der Waals surface area contributed by atoms with E-state index < -0.39 is 36.5 Å². The molecule has 7 heteroatoms. The van der Waals surface area contributed by atoms with E-state index in [1.165, 1.54) is 13.0 Å². The first kappa shape index (κ1) is 17.6. The zero-order valence-electron chi connectivity index (χ0n) is 12.5. The lowest BCUT2D eigenvalue weighted by Crippen LogP contribution is -2.34. The van der Waals surface area contributed by atoms with E-state index in [1.807, 2.05) is 0 Å². The zero-order chi connectivity index (χ0) is 16.4. The van der Waals surface area contributed by atoms with Gasteiger partial charge in [0.2, 0.25) is 0 Å². The summed E-state index contributed by atoms with van der Waals surface area (Å²) in [6.45, 7) is 5.97. The molecule has 3 atom stereocenters. The Kier molecular flexibility index (Phi) is 5.52. The van der Waals surface area contributed by atoms with Crippen molar-refractivity contribution < 1.29 is 34.4 Å². The van der Waals surface area contributed by atoms with Crippen LogP contribution < -0.4 is 0 Å². The number of rotatable bonds is 5. The molecule has 120 valence electrons. The number of aliphatic hydroxyl groups is 4. The molecule has 1 aromatic heterocycles. The first-order valence-electron chi connectivity index (χ1n) is 6.55. The van der Waals surface area contributed by atoms with Crippen LogP contribution in [0, 0.1) is 6.92 Å². The Hall–Kier alpha value is -1.41. The predicted molar refractivity (Wildman–Crippen MR) is 72.7 cm³/mol. The van der Waals surface area contributed by atoms with Gasteiger partial charge in [0, 0.05) is 0 Å². The lowest BCUT2D eigenvalue weighted by molar-refractivity contribution is -0.0837. The molecule has 0 aliphatic heterocycles. The van der Waals surface area contributed by atoms with Crippen LogP contribution in [0.2, 0.25) is 0 Å². The normalized spacial score (nSPS) is 16.4. The Labute approximate surface area is 122 Å². The van der Waals surface area contributed by atoms with Gasteiger partial charge in [-0.2, -0.15) is 0 Å². The second-order valence-electron chi connectivity index (χ2n) is 5.81. The SMILES string of the molecule is Cc1oc([C@@H](O)[C@H](O)[C@H](O)CO)cc1C(=O)OC(C)(C)C. The van der Waals surface area contributed by atoms with Crippen molar-refractivity contribution in [2.45, 2.75) is 51.6 Å². The quantitative estimate of drug-likeness (QED) is 0.577. The van der Waals surface area contributed by atoms with Crippen LogP contribution in [-0.2, 0) is 4.74 Å². The van der Waals surface area contributed by atoms with Crippen LogP contribution in [0.4, 0.5) is 0 Å². The molecule has 0 aliphatic carbocycles. The van der Waals surface area contributed by atoms with E-state index in [0.717, 1.165) is 0 Å². The number of aliphatic hydroxyl groups excluding tert-OH is 4. The summed E-state index contributed by atoms with van der Waals surface area (Å²) < 4.78 is 10.4. The van der Waals surface area contributed by atoms with Gasteiger partial charge in [-0.25, -0.2) is 4.79 Å². The van der Waals surface area contributed by atoms with Gasteiger partial charge in [-0.05, 0) is 33.8 Å². The third-order valence-corrected chi connectivity index (χ3v) is 2.75. The number of hydrogen-bond acceptors (Lipinski definition) is 7. The average Bonchev–Trinajstić information content (AvgIpc) is 2.76. The molecule has 1 aromatic rings. The number of esters is 1. The maximum absolute atomic E-state index is 12.0. The molecule has 1 rings (SSSR count). The van der Waals surface area contributed by atoms with Crippen molar-refractivity contribution in [3.63, 3.8) is 0 Å². The molecule has 0 aromatic carbocycles. The van der Waals surface area contributed by atoms with Crippen LogP contribution in [0.15, 0.2) is 10.5 Å². The van der Waals surface area contributed by atoms with Crippen molar-refractivity contribution in [1.29, 1.82) is 0 Å². The van der Waals surface area contributed by atoms with Crippen LogP contribution in [0.25, 0.3) is 0 Å². The highest BCUT2D eigenvalue weighted by Crippen LogP contribution is 2.26. The highest BCUT2D eigenvalue weighted by Gasteiger charge is 2.30. The second-order valence-corrected chi connectivity index (χ2v) is 5.81. The monoisotopic (exact) mass is 302 g/mol. The number of hydrogen-bond donors (Lipinski definition) is 4. The summed E-state index contributed by atoms with van der Waals surface area (Å²) in [6, 6.07) is 1.25. The summed E-state index contributed by atoms with van der Waals surface area (Å²) in [6.07, 6.45) is -4.72. The fourth-order valence-corrected chi connectivity index (χ4v) is 1.67. The van der Waals surface area contributed by atoms with Crippen molar-refractivity contribution in [1.82, 2.24) is 0 Å². The fraction of sp³-hybridized carbons (Fsp3) is 0.643. The zero-order valence-corrected chi connectivity index (χ0v) is 12.5. The molecule has 0 saturated heterocycles. The largest absolute Gasteiger partial charge is 0.463 e. The minimum atomic E-state index is -1.63. The Morgan fingerprint density at radius 3 is 2.38 bits per heavy atom. The van der Waals surface area contributed by atoms with Gasteiger partial charge in [-0.3, -0.25) is 0 Å². The summed E-state index contributed by atoms with van der Waals surface area (Å²) in [4.78, 5) is 12.0. The van der Waals surface area contributed by atoms with Crippen molar-refractivity contribution in [2.75, 3.05) is 6.61 Å². The molecule has 0 spiro atoms. The highest BCUT2D eigenvalue weighted by molar-refractivity contribution is 5.90. The molecular formula is C14H22O7. The van der Waals surface area contributed by atoms with Crippen LogP contribution in [-0.4, -0.2) is 50.8 Å². The molecular weight excluding hydrogens is 280 g/mol. The smallest absolute Gasteiger partial charge is 0.342 e. The Bertz CT molecular complexity index is 486. The van der Waals surface area contributed by atoms with Crippen molar-refractivity contribution in [3.8, 4) is 0 Å². The average molecular weight is 302 g/mol. The summed E-state index contributed by atoms with van der Waals surface area (Å²) in [7, 11) is 0. The highest BCUT2D eigenvalue weighted by atomic mass is 16.6. The maximum Gasteiger partial charge on any atom is 0.342 e. The van der Waals surface area contributed by atoms with Gasteiger partial charge < -0.3 is 29.6 Å². The summed E-state index contributed by atoms with van der Waals surface area (Å²) in [5.74, 6) is -0.475. The van der Waals surface area contributed by atoms with Crippen LogP contribution in [0.3, 0.4) is 0 Å². The number of aryl methyl sites for hydroxylation is 1. The van der Waals surface area contributed by atoms with E-state index in [-0.39, 0.29) is 17.1 Å². The molecule has 0 fully saturated rings. The predicted octanol–water partition coefficient (Wildman–Crippen LogP) is 0.291. The topological polar surface area (TPSA) is 120 Å². The lowest BCUT2D eigenvalue weighted by atomic mass is 10.1. The molecule has 0 bridgehead atoms. The Morgan fingerprint density at radius 1 is 1.33 bits per heavy atom. The molecule has 0 unspecified atom stereocenters. The molecule has 21 heavy (non-hydrogen) atoms. The lowest BCUT2D eigenvalue weighted by Gasteiger charge is -2.19. The molecule has 0 amide bonds. The van der Waals surface area contributed by atoms with E-state index >= 15 is 0 Å². The minimum absolute atomic E-state index is 0.0895. The molecule has 4 N–H and O–H groups in total. The van der Waals surface area contributed by atoms with Gasteiger partial charge in [-0.15, -0.1) is 0 Å². The molecule has 7 nitrogen and oxygen atoms in total. The third kappa shape index (κ3) is 4.53. The Morgan fingerprint density at radius 2 is 1.90 bits per heavy atom. The van der Waals surface area contributed by atoms with E-state index in [0.29, 0.717) is 0 Å². The summed E-state index contributed by atoms with van der Waals surface area (Å²) in [5, 5.41) is 37.6. The van der Waals surface area contributed by atoms with Gasteiger partial charge in [0.1, 0.15) is 41.0 Å². The van der Waals surface area contributed by atoms with Gasteiger partial charge in [0.15, 0.2) is 0 Å². The van der Waals surface area contributed by atoms with Gasteiger partial charge in [0.25, 0.3) is 0 Å². The number of furan rings is 1. The van der Waals surface area contributed by atoms with Crippen LogP contribution >= 0.6 is 0 Å². The van der Waals surface area contributed by atoms with Crippen molar-refractivity contribution in [2.24, 2.45) is 0 Å². The van der Waals surface area contributed by atoms with E-state index in [9.17, 15) is 20.1 Å². The van der Waals surface area contributed by atoms with Gasteiger partial charge in [0.05, 0.1) is 6.61 Å². The molecule has 0 saturated carbocycles. The van der Waals surface area contributed by atoms with Gasteiger partial charge >= 0.3 is 5.97 Å². The number of ether oxygens (including phenoxy) is 1. The first-order chi connectivity index (χ1) is 9.56. The minimum Gasteiger partial charge on any atom is -0.463 e. The fourth-order valence-electron chi connectivity index (χ4n) is 1.67. The van der Waals surface area contributed by atoms with E-state index in [4.69, 9.17) is 14.3 Å². The van der Waals surface area contributed by atoms with Crippen LogP contribution in [0.1, 0.15) is 48.8 Å². The Balaban J connectivity index is 2.94. The summed E-state index contributed by atoms with van der Waals surface area (Å²) in [5.41, 5.74) is -0.545. The van der Waals surface area contributed by atoms with Crippen molar-refractivity contribution >= 4 is 5.97 Å². The van der Waals surface area contributed by atoms with E-state index in [1.54, 1.807) is 20.8 Å². The van der Waals surface area contributed by atoms with Crippen molar-refractivity contribution in [3.05, 3.63) is 23.2 Å². The second kappa shape index (κ2) is 6.57. The van der Waals surface area contributed by atoms with Gasteiger partial charge in [-0.1, -0.05) is 0 Å². The molecule has 1 heterocycles. The number of carbonyl (C=O) groups excluding carboxylic acids is 1.